The third kappa shape index (κ3) is 2.54. The molecule has 1 unspecified atom stereocenters. The molecular weight excluding hydrogens is 230 g/mol. The summed E-state index contributed by atoms with van der Waals surface area (Å²) in [7, 11) is 1.64. The molecule has 1 heterocycles. The van der Waals surface area contributed by atoms with E-state index in [1.807, 2.05) is 26.0 Å². The Bertz CT molecular complexity index is 451. The van der Waals surface area contributed by atoms with Crippen LogP contribution in [-0.2, 0) is 4.74 Å². The largest absolute Gasteiger partial charge is 0.496 e. The number of benzene rings is 1. The van der Waals surface area contributed by atoms with Crippen LogP contribution in [0.25, 0.3) is 0 Å². The number of ether oxygens (including phenoxy) is 2. The van der Waals surface area contributed by atoms with Crippen molar-refractivity contribution in [2.45, 2.75) is 19.9 Å². The first-order valence-electron chi connectivity index (χ1n) is 6.14. The summed E-state index contributed by atoms with van der Waals surface area (Å²) in [4.78, 5) is 12.4. The Labute approximate surface area is 107 Å². The molecule has 1 fully saturated rings. The number of ketones is 1. The SMILES string of the molecule is COc1cc(C)c(C(=O)C2COCCN2)cc1C. The number of methoxy groups -OCH3 is 1. The molecule has 1 aromatic carbocycles. The van der Waals surface area contributed by atoms with Gasteiger partial charge in [0.25, 0.3) is 0 Å². The number of hydrogen-bond donors (Lipinski definition) is 1. The lowest BCUT2D eigenvalue weighted by Gasteiger charge is -2.23. The maximum atomic E-state index is 12.4. The van der Waals surface area contributed by atoms with Crippen molar-refractivity contribution in [3.8, 4) is 5.75 Å². The predicted molar refractivity (Wildman–Crippen MR) is 69.4 cm³/mol. The molecule has 2 rings (SSSR count). The van der Waals surface area contributed by atoms with E-state index < -0.39 is 0 Å². The Balaban J connectivity index is 2.27. The molecule has 0 aromatic heterocycles. The van der Waals surface area contributed by atoms with E-state index in [0.29, 0.717) is 13.2 Å². The maximum absolute atomic E-state index is 12.4. The van der Waals surface area contributed by atoms with Crippen molar-refractivity contribution in [1.82, 2.24) is 5.32 Å². The Morgan fingerprint density at radius 2 is 2.17 bits per heavy atom. The second-order valence-electron chi connectivity index (χ2n) is 4.58. The van der Waals surface area contributed by atoms with Crippen LogP contribution in [0.5, 0.6) is 5.75 Å². The molecule has 4 heteroatoms. The number of Topliss-reactive ketones (excluding diaryl/α,β-unsaturated/α-hetero) is 1. The monoisotopic (exact) mass is 249 g/mol. The minimum absolute atomic E-state index is 0.0953. The molecule has 0 aliphatic carbocycles. The highest BCUT2D eigenvalue weighted by Crippen LogP contribution is 2.23. The number of rotatable bonds is 3. The molecule has 1 saturated heterocycles. The van der Waals surface area contributed by atoms with Crippen LogP contribution < -0.4 is 10.1 Å². The lowest BCUT2D eigenvalue weighted by Crippen LogP contribution is -2.46. The number of carbonyl (C=O) groups excluding carboxylic acids is 1. The summed E-state index contributed by atoms with van der Waals surface area (Å²) < 4.78 is 10.6. The molecule has 0 radical (unpaired) electrons. The second-order valence-corrected chi connectivity index (χ2v) is 4.58. The molecule has 0 saturated carbocycles. The van der Waals surface area contributed by atoms with Crippen LogP contribution in [0.2, 0.25) is 0 Å². The number of morpholine rings is 1. The van der Waals surface area contributed by atoms with E-state index in [1.165, 1.54) is 0 Å². The Morgan fingerprint density at radius 1 is 1.39 bits per heavy atom. The van der Waals surface area contributed by atoms with E-state index >= 15 is 0 Å². The highest BCUT2D eigenvalue weighted by molar-refractivity contribution is 6.01. The van der Waals surface area contributed by atoms with Crippen LogP contribution in [-0.4, -0.2) is 38.7 Å². The minimum atomic E-state index is -0.231. The van der Waals surface area contributed by atoms with E-state index in [2.05, 4.69) is 5.32 Å². The van der Waals surface area contributed by atoms with Crippen LogP contribution in [0.4, 0.5) is 0 Å². The van der Waals surface area contributed by atoms with Gasteiger partial charge in [-0.1, -0.05) is 0 Å². The van der Waals surface area contributed by atoms with Crippen molar-refractivity contribution >= 4 is 5.78 Å². The third-order valence-corrected chi connectivity index (χ3v) is 3.25. The van der Waals surface area contributed by atoms with Gasteiger partial charge in [0.2, 0.25) is 0 Å². The van der Waals surface area contributed by atoms with Gasteiger partial charge in [0, 0.05) is 12.1 Å². The van der Waals surface area contributed by atoms with Gasteiger partial charge in [-0.25, -0.2) is 0 Å². The van der Waals surface area contributed by atoms with Crippen molar-refractivity contribution < 1.29 is 14.3 Å². The molecular formula is C14H19NO3. The number of carbonyl (C=O) groups is 1. The summed E-state index contributed by atoms with van der Waals surface area (Å²) in [6.07, 6.45) is 0. The summed E-state index contributed by atoms with van der Waals surface area (Å²) in [6.45, 7) is 5.72. The van der Waals surface area contributed by atoms with Crippen LogP contribution in [0, 0.1) is 13.8 Å². The zero-order chi connectivity index (χ0) is 13.1. The molecule has 1 aromatic rings. The van der Waals surface area contributed by atoms with Gasteiger partial charge in [-0.2, -0.15) is 0 Å². The summed E-state index contributed by atoms with van der Waals surface area (Å²) in [5.41, 5.74) is 2.66. The standard InChI is InChI=1S/C14H19NO3/c1-9-7-13(17-3)10(2)6-11(9)14(16)12-8-18-5-4-15-12/h6-7,12,15H,4-5,8H2,1-3H3. The summed E-state index contributed by atoms with van der Waals surface area (Å²) in [5, 5.41) is 3.19. The molecule has 1 aliphatic heterocycles. The van der Waals surface area contributed by atoms with Gasteiger partial charge >= 0.3 is 0 Å². The quantitative estimate of drug-likeness (QED) is 0.824. The van der Waals surface area contributed by atoms with Crippen molar-refractivity contribution in [2.24, 2.45) is 0 Å². The summed E-state index contributed by atoms with van der Waals surface area (Å²) >= 11 is 0. The number of hydrogen-bond acceptors (Lipinski definition) is 4. The first kappa shape index (κ1) is 13.1. The van der Waals surface area contributed by atoms with Gasteiger partial charge in [0.1, 0.15) is 5.75 Å². The van der Waals surface area contributed by atoms with Gasteiger partial charge in [-0.15, -0.1) is 0 Å². The van der Waals surface area contributed by atoms with E-state index in [4.69, 9.17) is 9.47 Å². The number of nitrogens with one attached hydrogen (secondary N) is 1. The van der Waals surface area contributed by atoms with Crippen molar-refractivity contribution in [2.75, 3.05) is 26.9 Å². The van der Waals surface area contributed by atoms with E-state index in [0.717, 1.165) is 29.0 Å². The smallest absolute Gasteiger partial charge is 0.182 e. The lowest BCUT2D eigenvalue weighted by atomic mass is 9.97. The minimum Gasteiger partial charge on any atom is -0.496 e. The van der Waals surface area contributed by atoms with Gasteiger partial charge in [0.05, 0.1) is 26.4 Å². The molecule has 1 aliphatic rings. The van der Waals surface area contributed by atoms with Gasteiger partial charge in [-0.05, 0) is 37.1 Å². The Kier molecular flexibility index (Phi) is 3.99. The molecule has 0 amide bonds. The van der Waals surface area contributed by atoms with E-state index in [9.17, 15) is 4.79 Å². The zero-order valence-electron chi connectivity index (χ0n) is 11.1. The average Bonchev–Trinajstić information content (AvgIpc) is 2.41. The van der Waals surface area contributed by atoms with Crippen LogP contribution in [0.1, 0.15) is 21.5 Å². The van der Waals surface area contributed by atoms with Gasteiger partial charge in [-0.3, -0.25) is 4.79 Å². The molecule has 98 valence electrons. The fourth-order valence-corrected chi connectivity index (χ4v) is 2.20. The Morgan fingerprint density at radius 3 is 2.78 bits per heavy atom. The fourth-order valence-electron chi connectivity index (χ4n) is 2.20. The molecule has 18 heavy (non-hydrogen) atoms. The van der Waals surface area contributed by atoms with Gasteiger partial charge in [0.15, 0.2) is 5.78 Å². The highest BCUT2D eigenvalue weighted by Gasteiger charge is 2.24. The first-order chi connectivity index (χ1) is 8.63. The average molecular weight is 249 g/mol. The summed E-state index contributed by atoms with van der Waals surface area (Å²) in [5.74, 6) is 0.912. The number of aryl methyl sites for hydroxylation is 2. The van der Waals surface area contributed by atoms with Crippen LogP contribution in [0.15, 0.2) is 12.1 Å². The summed E-state index contributed by atoms with van der Waals surface area (Å²) in [6, 6.07) is 3.57. The van der Waals surface area contributed by atoms with Crippen molar-refractivity contribution in [3.63, 3.8) is 0 Å². The maximum Gasteiger partial charge on any atom is 0.182 e. The van der Waals surface area contributed by atoms with Crippen molar-refractivity contribution in [1.29, 1.82) is 0 Å². The van der Waals surface area contributed by atoms with Crippen LogP contribution in [0.3, 0.4) is 0 Å². The van der Waals surface area contributed by atoms with Crippen LogP contribution >= 0.6 is 0 Å². The van der Waals surface area contributed by atoms with Crippen molar-refractivity contribution in [3.05, 3.63) is 28.8 Å². The molecule has 1 N–H and O–H groups in total. The first-order valence-corrected chi connectivity index (χ1v) is 6.14. The van der Waals surface area contributed by atoms with E-state index in [1.54, 1.807) is 7.11 Å². The predicted octanol–water partition coefficient (Wildman–Crippen LogP) is 1.48. The molecule has 0 bridgehead atoms. The topological polar surface area (TPSA) is 47.6 Å². The fraction of sp³-hybridized carbons (Fsp3) is 0.500. The molecule has 1 atom stereocenters. The van der Waals surface area contributed by atoms with E-state index in [-0.39, 0.29) is 11.8 Å². The molecule has 0 spiro atoms. The third-order valence-electron chi connectivity index (χ3n) is 3.25. The normalized spacial score (nSPS) is 19.6. The Hall–Kier alpha value is -1.39. The van der Waals surface area contributed by atoms with Gasteiger partial charge < -0.3 is 14.8 Å². The zero-order valence-corrected chi connectivity index (χ0v) is 11.1. The highest BCUT2D eigenvalue weighted by atomic mass is 16.5. The second kappa shape index (κ2) is 5.50. The molecule has 4 nitrogen and oxygen atoms in total. The lowest BCUT2D eigenvalue weighted by molar-refractivity contribution is 0.0607.